The number of allylic oxidation sites excluding steroid dienone is 4. The fraction of sp³-hybridized carbons (Fsp3) is 0.632. The maximum absolute atomic E-state index is 13.8. The molecule has 0 aromatic carbocycles. The first-order valence-electron chi connectivity index (χ1n) is 18.6. The number of carbonyl (C=O) groups is 4. The van der Waals surface area contributed by atoms with Crippen LogP contribution in [0.15, 0.2) is 57.4 Å². The van der Waals surface area contributed by atoms with Gasteiger partial charge in [0.2, 0.25) is 11.9 Å². The molecule has 15 nitrogen and oxygen atoms in total. The lowest BCUT2D eigenvalue weighted by Gasteiger charge is -2.61. The molecule has 53 heavy (non-hydrogen) atoms. The van der Waals surface area contributed by atoms with Gasteiger partial charge in [-0.2, -0.15) is 0 Å². The van der Waals surface area contributed by atoms with Crippen LogP contribution in [0.5, 0.6) is 0 Å². The minimum atomic E-state index is -1.06. The second-order valence-corrected chi connectivity index (χ2v) is 15.9. The topological polar surface area (TPSA) is 195 Å². The number of aliphatic hydroxyl groups excluding tert-OH is 2. The molecular formula is C38H50N6O9. The van der Waals surface area contributed by atoms with Gasteiger partial charge in [0.25, 0.3) is 5.91 Å². The van der Waals surface area contributed by atoms with E-state index in [1.54, 1.807) is 62.5 Å². The van der Waals surface area contributed by atoms with Crippen molar-refractivity contribution in [2.24, 2.45) is 32.7 Å². The van der Waals surface area contributed by atoms with Crippen LogP contribution in [0.25, 0.3) is 0 Å². The number of fused-ring (bicyclic) bond motifs is 2. The molecule has 4 fully saturated rings. The number of amides is 2. The van der Waals surface area contributed by atoms with Crippen molar-refractivity contribution in [2.75, 3.05) is 33.4 Å². The standard InChI is InChI=1S/C38H50N6O9/c1-6-51-34(50)30-32(48)44-18-22(7-8-29(44)43(30)5)15-23-16-24(33(49)53-23)25(41-21(2)31(47)42-35-39-13-14-40-35)17-27-36(3)11-10-28(46)37(4,19-45)26(36)9-12-38(27)20-52-38/h7-8,13,15-16,18,21,25-30,41,45-46H,6,9-12,14,17,19-20H2,1-5H3,(H,40,42,47)/b23-15+/t21?,25?,26?,27?,28-,29?,30?,36+,37+,38?/m1/s1. The van der Waals surface area contributed by atoms with Crippen LogP contribution in [-0.2, 0) is 33.4 Å². The van der Waals surface area contributed by atoms with E-state index >= 15 is 0 Å². The molecule has 2 saturated heterocycles. The number of esters is 2. The van der Waals surface area contributed by atoms with Crippen molar-refractivity contribution in [1.29, 1.82) is 0 Å². The number of aliphatic imine (C=N–C) groups is 2. The van der Waals surface area contributed by atoms with E-state index in [-0.39, 0.29) is 48.1 Å². The second-order valence-electron chi connectivity index (χ2n) is 15.9. The van der Waals surface area contributed by atoms with Crippen LogP contribution in [0.2, 0.25) is 0 Å². The SMILES string of the molecule is CCOC(=O)C1C(=O)N2C=C(/C=C3\C=C(C(CC4C5(CCC6[C@]4(C)CC[C@@H](O)[C@@]6(C)CO)CO5)NC(C)C(=O)NC4=NCC=N4)C(=O)O3)C=CC2N1C. The molecule has 7 aliphatic rings. The molecule has 286 valence electrons. The van der Waals surface area contributed by atoms with Crippen LogP contribution in [0.3, 0.4) is 0 Å². The third-order valence-electron chi connectivity index (χ3n) is 12.8. The third kappa shape index (κ3) is 6.49. The Labute approximate surface area is 308 Å². The lowest BCUT2D eigenvalue weighted by atomic mass is 9.44. The van der Waals surface area contributed by atoms with Crippen LogP contribution < -0.4 is 10.6 Å². The molecule has 7 rings (SSSR count). The van der Waals surface area contributed by atoms with Gasteiger partial charge >= 0.3 is 11.9 Å². The molecule has 2 saturated carbocycles. The number of hydrogen-bond acceptors (Lipinski definition) is 13. The monoisotopic (exact) mass is 734 g/mol. The van der Waals surface area contributed by atoms with Crippen LogP contribution in [0.4, 0.5) is 0 Å². The normalized spacial score (nSPS) is 37.9. The Morgan fingerprint density at radius 2 is 2.00 bits per heavy atom. The molecule has 4 N–H and O–H groups in total. The predicted molar refractivity (Wildman–Crippen MR) is 192 cm³/mol. The largest absolute Gasteiger partial charge is 0.464 e. The summed E-state index contributed by atoms with van der Waals surface area (Å²) in [5.74, 6) is -1.52. The lowest BCUT2D eigenvalue weighted by Crippen LogP contribution is -2.61. The van der Waals surface area contributed by atoms with Crippen molar-refractivity contribution in [2.45, 2.75) is 95.8 Å². The number of nitrogens with one attached hydrogen (secondary N) is 2. The Balaban J connectivity index is 1.19. The van der Waals surface area contributed by atoms with Gasteiger partial charge in [0, 0.05) is 23.9 Å². The first-order chi connectivity index (χ1) is 25.2. The highest BCUT2D eigenvalue weighted by molar-refractivity contribution is 6.05. The number of hydrogen-bond donors (Lipinski definition) is 4. The van der Waals surface area contributed by atoms with Gasteiger partial charge in [-0.3, -0.25) is 30.0 Å². The minimum Gasteiger partial charge on any atom is -0.464 e. The van der Waals surface area contributed by atoms with Crippen molar-refractivity contribution in [1.82, 2.24) is 20.4 Å². The van der Waals surface area contributed by atoms with Gasteiger partial charge in [0.15, 0.2) is 6.04 Å². The summed E-state index contributed by atoms with van der Waals surface area (Å²) in [6.07, 6.45) is 12.3. The highest BCUT2D eigenvalue weighted by Crippen LogP contribution is 2.66. The Kier molecular flexibility index (Phi) is 9.85. The average Bonchev–Trinajstić information content (AvgIpc) is 3.39. The summed E-state index contributed by atoms with van der Waals surface area (Å²) in [5, 5.41) is 27.9. The fourth-order valence-corrected chi connectivity index (χ4v) is 9.82. The van der Waals surface area contributed by atoms with Crippen molar-refractivity contribution in [3.63, 3.8) is 0 Å². The highest BCUT2D eigenvalue weighted by atomic mass is 16.6. The van der Waals surface area contributed by atoms with Gasteiger partial charge in [-0.05, 0) is 94.1 Å². The summed E-state index contributed by atoms with van der Waals surface area (Å²) in [6, 6.07) is -2.47. The zero-order chi connectivity index (χ0) is 37.9. The Morgan fingerprint density at radius 1 is 1.23 bits per heavy atom. The molecule has 5 heterocycles. The molecule has 15 heteroatoms. The zero-order valence-corrected chi connectivity index (χ0v) is 30.9. The van der Waals surface area contributed by atoms with Gasteiger partial charge in [-0.15, -0.1) is 0 Å². The first kappa shape index (κ1) is 37.3. The maximum atomic E-state index is 13.8. The third-order valence-corrected chi connectivity index (χ3v) is 12.8. The van der Waals surface area contributed by atoms with E-state index < -0.39 is 59.3 Å². The Morgan fingerprint density at radius 3 is 2.68 bits per heavy atom. The van der Waals surface area contributed by atoms with Gasteiger partial charge in [0.05, 0.1) is 49.7 Å². The van der Waals surface area contributed by atoms with Crippen LogP contribution in [-0.4, -0.2) is 125 Å². The molecular weight excluding hydrogens is 684 g/mol. The van der Waals surface area contributed by atoms with Crippen LogP contribution >= 0.6 is 0 Å². The average molecular weight is 735 g/mol. The molecule has 0 bridgehead atoms. The number of carbonyl (C=O) groups excluding carboxylic acids is 4. The van der Waals surface area contributed by atoms with Gasteiger partial charge in [-0.25, -0.2) is 19.6 Å². The summed E-state index contributed by atoms with van der Waals surface area (Å²) >= 11 is 0. The molecule has 2 amide bonds. The number of nitrogens with zero attached hydrogens (tertiary/aromatic N) is 4. The van der Waals surface area contributed by atoms with Crippen molar-refractivity contribution in [3.8, 4) is 0 Å². The van der Waals surface area contributed by atoms with Crippen molar-refractivity contribution < 1.29 is 43.6 Å². The zero-order valence-electron chi connectivity index (χ0n) is 30.9. The molecule has 0 aromatic rings. The summed E-state index contributed by atoms with van der Waals surface area (Å²) in [6.45, 7) is 8.58. The molecule has 0 aromatic heterocycles. The maximum Gasteiger partial charge on any atom is 0.341 e. The van der Waals surface area contributed by atoms with E-state index in [1.807, 2.05) is 6.92 Å². The number of rotatable bonds is 10. The number of ether oxygens (including phenoxy) is 3. The number of cyclic esters (lactones) is 1. The van der Waals surface area contributed by atoms with Crippen molar-refractivity contribution in [3.05, 3.63) is 47.4 Å². The predicted octanol–water partition coefficient (Wildman–Crippen LogP) is 1.09. The Bertz CT molecular complexity index is 1750. The smallest absolute Gasteiger partial charge is 0.341 e. The van der Waals surface area contributed by atoms with E-state index in [0.717, 1.165) is 19.3 Å². The highest BCUT2D eigenvalue weighted by Gasteiger charge is 2.67. The van der Waals surface area contributed by atoms with Gasteiger partial charge in [-0.1, -0.05) is 19.9 Å². The Hall–Kier alpha value is -4.02. The summed E-state index contributed by atoms with van der Waals surface area (Å²) < 4.78 is 17.2. The van der Waals surface area contributed by atoms with E-state index in [1.165, 1.54) is 4.90 Å². The fourth-order valence-electron chi connectivity index (χ4n) is 9.82. The molecule has 7 unspecified atom stereocenters. The van der Waals surface area contributed by atoms with Gasteiger partial charge < -0.3 is 24.4 Å². The number of epoxide rings is 1. The second kappa shape index (κ2) is 14.0. The van der Waals surface area contributed by atoms with Crippen molar-refractivity contribution >= 4 is 35.9 Å². The van der Waals surface area contributed by atoms with E-state index in [0.29, 0.717) is 37.1 Å². The number of likely N-dealkylation sites (N-methyl/N-ethyl adjacent to an activating group) is 1. The molecule has 5 aliphatic heterocycles. The van der Waals surface area contributed by atoms with E-state index in [2.05, 4.69) is 27.5 Å². The summed E-state index contributed by atoms with van der Waals surface area (Å²) in [4.78, 5) is 64.3. The van der Waals surface area contributed by atoms with E-state index in [4.69, 9.17) is 14.2 Å². The molecule has 10 atom stereocenters. The molecule has 2 aliphatic carbocycles. The van der Waals surface area contributed by atoms with E-state index in [9.17, 15) is 29.4 Å². The number of guanidine groups is 1. The minimum absolute atomic E-state index is 0.00720. The molecule has 0 radical (unpaired) electrons. The summed E-state index contributed by atoms with van der Waals surface area (Å²) in [7, 11) is 1.69. The first-order valence-corrected chi connectivity index (χ1v) is 18.6. The van der Waals surface area contributed by atoms with Gasteiger partial charge in [0.1, 0.15) is 11.9 Å². The number of aliphatic hydroxyl groups is 2. The summed E-state index contributed by atoms with van der Waals surface area (Å²) in [5.41, 5.74) is -0.511. The lowest BCUT2D eigenvalue weighted by molar-refractivity contribution is -0.177. The quantitative estimate of drug-likeness (QED) is 0.143. The van der Waals surface area contributed by atoms with Crippen LogP contribution in [0.1, 0.15) is 59.8 Å². The molecule has 1 spiro atoms. The van der Waals surface area contributed by atoms with Crippen LogP contribution in [0, 0.1) is 22.7 Å².